The Hall–Kier alpha value is -7.38. The van der Waals surface area contributed by atoms with Gasteiger partial charge in [0.1, 0.15) is 54.1 Å². The number of nitrogens with zero attached hydrogens (tertiary/aromatic N) is 1. The zero-order valence-electron chi connectivity index (χ0n) is 41.1. The molecule has 8 unspecified atom stereocenters. The minimum Gasteiger partial charge on any atom is -0.508 e. The molecular formula is C47H72N12O14. The monoisotopic (exact) mass is 1030 g/mol. The van der Waals surface area contributed by atoms with Gasteiger partial charge in [-0.2, -0.15) is 0 Å². The van der Waals surface area contributed by atoms with E-state index in [2.05, 4.69) is 44.1 Å². The number of nitrogens with one attached hydrogen (secondary N) is 7. The Balaban J connectivity index is 2.15. The molecule has 0 spiro atoms. The van der Waals surface area contributed by atoms with Gasteiger partial charge in [0.25, 0.3) is 0 Å². The minimum atomic E-state index is -1.86. The third-order valence-electron chi connectivity index (χ3n) is 12.3. The molecule has 0 bridgehead atoms. The first-order valence-electron chi connectivity index (χ1n) is 24.6. The summed E-state index contributed by atoms with van der Waals surface area (Å²) in [4.78, 5) is 162. The second kappa shape index (κ2) is 30.5. The second-order valence-corrected chi connectivity index (χ2v) is 18.3. The molecule has 0 aromatic heterocycles. The highest BCUT2D eigenvalue weighted by Gasteiger charge is 2.41. The smallest absolute Gasteiger partial charge is 0.245 e. The van der Waals surface area contributed by atoms with Crippen LogP contribution in [0.15, 0.2) is 24.3 Å². The molecule has 0 aliphatic carbocycles. The first-order chi connectivity index (χ1) is 34.6. The predicted octanol–water partition coefficient (Wildman–Crippen LogP) is -3.86. The number of aromatic hydroxyl groups is 1. The van der Waals surface area contributed by atoms with Gasteiger partial charge < -0.3 is 75.3 Å². The number of phenols is 1. The van der Waals surface area contributed by atoms with Crippen molar-refractivity contribution in [3.63, 3.8) is 0 Å². The number of benzene rings is 1. The van der Waals surface area contributed by atoms with Crippen LogP contribution in [0.5, 0.6) is 5.75 Å². The molecule has 2 aliphatic heterocycles. The summed E-state index contributed by atoms with van der Waals surface area (Å²) in [6.45, 7) is 0.948. The van der Waals surface area contributed by atoms with Gasteiger partial charge in [-0.15, -0.1) is 0 Å². The highest BCUT2D eigenvalue weighted by atomic mass is 16.3. The van der Waals surface area contributed by atoms with Crippen LogP contribution in [0, 0.1) is 0 Å². The van der Waals surface area contributed by atoms with E-state index in [-0.39, 0.29) is 38.0 Å². The number of nitrogens with two attached hydrogens (primary N) is 4. The SMILES string of the molecule is CCCCCCCCCCCC1NC(=O)C(CO)NC(=O)C(CC(N)=O)NC(=O)C2CCCN2C(=O)C(CCC(N)=O)NC(=O)C(CC(N)=O)NC(=O)C(Cc2ccc(O)cc2)NC(=O)C(CC(N)=O)NC1=O. The average Bonchev–Trinajstić information content (AvgIpc) is 3.82. The summed E-state index contributed by atoms with van der Waals surface area (Å²) in [5.74, 6) is -13.0. The Bertz CT molecular complexity index is 2140. The van der Waals surface area contributed by atoms with Crippen molar-refractivity contribution in [1.82, 2.24) is 42.1 Å². The number of hydrogen-bond acceptors (Lipinski definition) is 14. The lowest BCUT2D eigenvalue weighted by atomic mass is 10.0. The number of carbonyl (C=O) groups is 12. The van der Waals surface area contributed by atoms with Gasteiger partial charge in [-0.1, -0.05) is 76.8 Å². The van der Waals surface area contributed by atoms with Crippen LogP contribution in [0.2, 0.25) is 0 Å². The number of rotatable bonds is 22. The summed E-state index contributed by atoms with van der Waals surface area (Å²) in [5, 5.41) is 36.9. The number of carbonyl (C=O) groups excluding carboxylic acids is 12. The van der Waals surface area contributed by atoms with Crippen LogP contribution in [0.4, 0.5) is 0 Å². The van der Waals surface area contributed by atoms with Crippen molar-refractivity contribution in [3.05, 3.63) is 29.8 Å². The Morgan fingerprint density at radius 3 is 1.42 bits per heavy atom. The molecule has 3 rings (SSSR count). The Kier molecular flexibility index (Phi) is 25.0. The maximum atomic E-state index is 14.2. The van der Waals surface area contributed by atoms with E-state index in [4.69, 9.17) is 22.9 Å². The van der Waals surface area contributed by atoms with Crippen molar-refractivity contribution >= 4 is 70.9 Å². The van der Waals surface area contributed by atoms with Crippen LogP contribution >= 0.6 is 0 Å². The van der Waals surface area contributed by atoms with Crippen LogP contribution in [-0.4, -0.2) is 147 Å². The Labute approximate surface area is 422 Å². The van der Waals surface area contributed by atoms with Crippen LogP contribution in [0.25, 0.3) is 0 Å². The zero-order chi connectivity index (χ0) is 54.2. The van der Waals surface area contributed by atoms with E-state index < -0.39 is 158 Å². The third kappa shape index (κ3) is 20.7. The van der Waals surface area contributed by atoms with Gasteiger partial charge in [0, 0.05) is 19.4 Å². The molecule has 26 heteroatoms. The molecule has 12 amide bonds. The topological polar surface area (TPSA) is 437 Å². The molecule has 0 radical (unpaired) electrons. The summed E-state index contributed by atoms with van der Waals surface area (Å²) < 4.78 is 0. The molecule has 26 nitrogen and oxygen atoms in total. The summed E-state index contributed by atoms with van der Waals surface area (Å²) >= 11 is 0. The molecule has 1 aromatic carbocycles. The second-order valence-electron chi connectivity index (χ2n) is 18.3. The van der Waals surface area contributed by atoms with Crippen molar-refractivity contribution in [3.8, 4) is 5.75 Å². The van der Waals surface area contributed by atoms with E-state index in [9.17, 15) is 67.7 Å². The molecule has 73 heavy (non-hydrogen) atoms. The average molecular weight is 1030 g/mol. The van der Waals surface area contributed by atoms with Gasteiger partial charge in [0.15, 0.2) is 0 Å². The van der Waals surface area contributed by atoms with E-state index in [1.54, 1.807) is 0 Å². The summed E-state index contributed by atoms with van der Waals surface area (Å²) in [6.07, 6.45) is 4.25. The van der Waals surface area contributed by atoms with E-state index in [1.165, 1.54) is 24.3 Å². The number of amides is 12. The third-order valence-corrected chi connectivity index (χ3v) is 12.3. The van der Waals surface area contributed by atoms with Gasteiger partial charge in [-0.25, -0.2) is 0 Å². The number of fused-ring (bicyclic) bond motifs is 1. The van der Waals surface area contributed by atoms with Crippen molar-refractivity contribution in [2.75, 3.05) is 13.2 Å². The fourth-order valence-corrected chi connectivity index (χ4v) is 8.38. The zero-order valence-corrected chi connectivity index (χ0v) is 41.1. The van der Waals surface area contributed by atoms with Crippen LogP contribution < -0.4 is 60.2 Å². The van der Waals surface area contributed by atoms with Gasteiger partial charge in [-0.3, -0.25) is 57.5 Å². The number of primary amides is 4. The first kappa shape index (κ1) is 59.9. The molecule has 17 N–H and O–H groups in total. The molecular weight excluding hydrogens is 957 g/mol. The normalized spacial score (nSPS) is 24.1. The quantitative estimate of drug-likeness (QED) is 0.0495. The number of aliphatic hydroxyl groups is 1. The molecule has 404 valence electrons. The van der Waals surface area contributed by atoms with E-state index in [0.717, 1.165) is 49.8 Å². The predicted molar refractivity (Wildman–Crippen MR) is 259 cm³/mol. The maximum absolute atomic E-state index is 14.2. The van der Waals surface area contributed by atoms with Crippen LogP contribution in [-0.2, 0) is 64.0 Å². The van der Waals surface area contributed by atoms with Crippen LogP contribution in [0.3, 0.4) is 0 Å². The first-order valence-corrected chi connectivity index (χ1v) is 24.6. The largest absolute Gasteiger partial charge is 0.508 e. The van der Waals surface area contributed by atoms with Gasteiger partial charge in [-0.05, 0) is 43.4 Å². The maximum Gasteiger partial charge on any atom is 0.245 e. The number of phenolic OH excluding ortho intramolecular Hbond substituents is 1. The standard InChI is InChI=1S/C47H72N12O14/c1-2-3-4-5-6-7-8-9-10-12-28-40(66)55-32(23-38(50)64)43(69)54-30(21-26-14-16-27(61)17-15-26)41(67)56-31(22-37(49)63)42(68)53-29(18-19-36(48)62)47(73)59-20-11-13-35(59)46(72)57-33(24-39(51)65)44(70)58-34(25-60)45(71)52-28/h14-17,28-35,60-61H,2-13,18-25H2,1H3,(H2,48,62)(H2,49,63)(H2,50,64)(H2,51,65)(H,52,71)(H,53,68)(H,54,69)(H,55,66)(H,56,67)(H,57,72)(H,58,70). The van der Waals surface area contributed by atoms with Gasteiger partial charge in [0.2, 0.25) is 70.9 Å². The highest BCUT2D eigenvalue weighted by Crippen LogP contribution is 2.21. The molecule has 8 atom stereocenters. The van der Waals surface area contributed by atoms with E-state index in [1.807, 2.05) is 0 Å². The van der Waals surface area contributed by atoms with Crippen molar-refractivity contribution in [1.29, 1.82) is 0 Å². The molecule has 2 aliphatic rings. The van der Waals surface area contributed by atoms with Crippen molar-refractivity contribution in [2.45, 2.75) is 171 Å². The minimum absolute atomic E-state index is 0.00214. The highest BCUT2D eigenvalue weighted by molar-refractivity contribution is 6.01. The molecule has 2 fully saturated rings. The number of unbranched alkanes of at least 4 members (excludes halogenated alkanes) is 8. The molecule has 0 saturated carbocycles. The van der Waals surface area contributed by atoms with E-state index >= 15 is 0 Å². The summed E-state index contributed by atoms with van der Waals surface area (Å²) in [7, 11) is 0. The van der Waals surface area contributed by atoms with E-state index in [0.29, 0.717) is 18.4 Å². The summed E-state index contributed by atoms with van der Waals surface area (Å²) in [5.41, 5.74) is 22.1. The van der Waals surface area contributed by atoms with Crippen molar-refractivity contribution in [2.24, 2.45) is 22.9 Å². The lowest BCUT2D eigenvalue weighted by Crippen LogP contribution is -2.62. The Morgan fingerprint density at radius 2 is 0.932 bits per heavy atom. The number of aliphatic hydroxyl groups excluding tert-OH is 1. The Morgan fingerprint density at radius 1 is 0.521 bits per heavy atom. The number of hydrogen-bond donors (Lipinski definition) is 13. The van der Waals surface area contributed by atoms with Gasteiger partial charge >= 0.3 is 0 Å². The van der Waals surface area contributed by atoms with Crippen molar-refractivity contribution < 1.29 is 67.7 Å². The fourth-order valence-electron chi connectivity index (χ4n) is 8.38. The lowest BCUT2D eigenvalue weighted by Gasteiger charge is -2.31. The summed E-state index contributed by atoms with van der Waals surface area (Å²) in [6, 6.07) is -8.09. The lowest BCUT2D eigenvalue weighted by molar-refractivity contribution is -0.143. The molecule has 1 aromatic rings. The fraction of sp³-hybridized carbons (Fsp3) is 0.617. The van der Waals surface area contributed by atoms with Crippen LogP contribution in [0.1, 0.15) is 122 Å². The van der Waals surface area contributed by atoms with Gasteiger partial charge in [0.05, 0.1) is 25.9 Å². The molecule has 2 saturated heterocycles. The molecule has 2 heterocycles.